The molecule has 0 spiro atoms. The minimum absolute atomic E-state index is 0.300. The number of hydrogen-bond donors (Lipinski definition) is 2. The van der Waals surface area contributed by atoms with Gasteiger partial charge >= 0.3 is 0 Å². The van der Waals surface area contributed by atoms with Crippen LogP contribution in [-0.4, -0.2) is 25.7 Å². The van der Waals surface area contributed by atoms with Crippen LogP contribution in [0.2, 0.25) is 0 Å². The molecule has 2 aromatic rings. The first kappa shape index (κ1) is 15.4. The highest BCUT2D eigenvalue weighted by molar-refractivity contribution is 7.94. The molecule has 0 aliphatic rings. The summed E-state index contributed by atoms with van der Waals surface area (Å²) in [7, 11) is -1.75. The topological polar surface area (TPSA) is 84.0 Å². The zero-order valence-corrected chi connectivity index (χ0v) is 13.9. The van der Waals surface area contributed by atoms with Crippen molar-refractivity contribution in [1.29, 1.82) is 0 Å². The fourth-order valence-electron chi connectivity index (χ4n) is 1.56. The van der Waals surface area contributed by atoms with E-state index in [0.29, 0.717) is 15.9 Å². The predicted molar refractivity (Wildman–Crippen MR) is 81.9 cm³/mol. The Labute approximate surface area is 126 Å². The number of anilines is 1. The van der Waals surface area contributed by atoms with Gasteiger partial charge in [-0.1, -0.05) is 18.3 Å². The number of hydrogen-bond acceptors (Lipinski definition) is 7. The molecular weight excluding hydrogens is 316 g/mol. The quantitative estimate of drug-likeness (QED) is 0.845. The molecule has 6 nitrogen and oxygen atoms in total. The largest absolute Gasteiger partial charge is 0.315 e. The lowest BCUT2D eigenvalue weighted by molar-refractivity contribution is 0.603. The smallest absolute Gasteiger partial charge is 0.273 e. The Morgan fingerprint density at radius 1 is 1.30 bits per heavy atom. The van der Waals surface area contributed by atoms with Crippen LogP contribution >= 0.6 is 22.7 Å². The molecule has 0 aliphatic carbocycles. The molecule has 0 fully saturated rings. The third kappa shape index (κ3) is 3.35. The Bertz CT molecular complexity index is 690. The molecule has 20 heavy (non-hydrogen) atoms. The predicted octanol–water partition coefficient (Wildman–Crippen LogP) is 1.99. The highest BCUT2D eigenvalue weighted by Crippen LogP contribution is 2.28. The molecule has 0 amide bonds. The zero-order chi connectivity index (χ0) is 14.8. The summed E-state index contributed by atoms with van der Waals surface area (Å²) in [6, 6.07) is 1.68. The van der Waals surface area contributed by atoms with E-state index < -0.39 is 10.0 Å². The van der Waals surface area contributed by atoms with Crippen LogP contribution in [0.5, 0.6) is 0 Å². The molecule has 0 unspecified atom stereocenters. The minimum atomic E-state index is -3.58. The van der Waals surface area contributed by atoms with Crippen molar-refractivity contribution in [1.82, 2.24) is 15.5 Å². The Morgan fingerprint density at radius 2 is 2.05 bits per heavy atom. The molecule has 2 N–H and O–H groups in total. The minimum Gasteiger partial charge on any atom is -0.315 e. The lowest BCUT2D eigenvalue weighted by Gasteiger charge is -2.00. The Kier molecular flexibility index (Phi) is 4.74. The number of nitrogens with zero attached hydrogens (tertiary/aromatic N) is 2. The second kappa shape index (κ2) is 6.17. The lowest BCUT2D eigenvalue weighted by atomic mass is 10.3. The molecule has 2 aromatic heterocycles. The van der Waals surface area contributed by atoms with Gasteiger partial charge in [0.05, 0.1) is 0 Å². The summed E-state index contributed by atoms with van der Waals surface area (Å²) in [4.78, 5) is 1.01. The van der Waals surface area contributed by atoms with E-state index in [4.69, 9.17) is 0 Å². The molecule has 0 radical (unpaired) electrons. The normalized spacial score (nSPS) is 11.8. The van der Waals surface area contributed by atoms with E-state index >= 15 is 0 Å². The summed E-state index contributed by atoms with van der Waals surface area (Å²) >= 11 is 2.52. The molecule has 0 saturated heterocycles. The fourth-order valence-corrected chi connectivity index (χ4v) is 5.07. The SMILES string of the molecule is CCc1nnc(NS(=O)(=O)c2cc(C)c(CNC)s2)s1. The summed E-state index contributed by atoms with van der Waals surface area (Å²) < 4.78 is 27.4. The summed E-state index contributed by atoms with van der Waals surface area (Å²) in [6.07, 6.45) is 0.740. The number of rotatable bonds is 6. The maximum atomic E-state index is 12.3. The first-order valence-corrected chi connectivity index (χ1v) is 9.17. The molecule has 0 aromatic carbocycles. The maximum Gasteiger partial charge on any atom is 0.273 e. The van der Waals surface area contributed by atoms with Crippen LogP contribution in [0, 0.1) is 6.92 Å². The van der Waals surface area contributed by atoms with Crippen molar-refractivity contribution in [3.8, 4) is 0 Å². The molecule has 0 bridgehead atoms. The number of sulfonamides is 1. The van der Waals surface area contributed by atoms with Gasteiger partial charge in [0.2, 0.25) is 5.13 Å². The first-order valence-electron chi connectivity index (χ1n) is 6.05. The number of thiophene rings is 1. The molecule has 0 saturated carbocycles. The summed E-state index contributed by atoms with van der Waals surface area (Å²) in [5.74, 6) is 0. The Hall–Kier alpha value is -1.03. The molecule has 0 aliphatic heterocycles. The van der Waals surface area contributed by atoms with Crippen molar-refractivity contribution in [2.75, 3.05) is 11.8 Å². The maximum absolute atomic E-state index is 12.3. The van der Waals surface area contributed by atoms with Gasteiger partial charge in [-0.15, -0.1) is 21.5 Å². The third-order valence-electron chi connectivity index (χ3n) is 2.59. The average molecular weight is 332 g/mol. The fraction of sp³-hybridized carbons (Fsp3) is 0.455. The van der Waals surface area contributed by atoms with Gasteiger partial charge in [-0.05, 0) is 32.0 Å². The number of aromatic nitrogens is 2. The highest BCUT2D eigenvalue weighted by atomic mass is 32.2. The summed E-state index contributed by atoms with van der Waals surface area (Å²) in [6.45, 7) is 4.51. The van der Waals surface area contributed by atoms with Crippen LogP contribution in [0.25, 0.3) is 0 Å². The third-order valence-corrected chi connectivity index (χ3v) is 6.75. The summed E-state index contributed by atoms with van der Waals surface area (Å²) in [5, 5.41) is 11.9. The van der Waals surface area contributed by atoms with Gasteiger partial charge in [-0.2, -0.15) is 0 Å². The van der Waals surface area contributed by atoms with Crippen molar-refractivity contribution < 1.29 is 8.42 Å². The van der Waals surface area contributed by atoms with Gasteiger partial charge < -0.3 is 5.32 Å². The molecule has 0 atom stereocenters. The Balaban J connectivity index is 2.23. The second-order valence-corrected chi connectivity index (χ2v) is 8.27. The van der Waals surface area contributed by atoms with Gasteiger partial charge in [-0.3, -0.25) is 4.72 Å². The van der Waals surface area contributed by atoms with Gasteiger partial charge in [0.25, 0.3) is 10.0 Å². The average Bonchev–Trinajstić information content (AvgIpc) is 2.97. The van der Waals surface area contributed by atoms with E-state index in [1.54, 1.807) is 6.07 Å². The molecule has 2 heterocycles. The van der Waals surface area contributed by atoms with Crippen LogP contribution in [0.15, 0.2) is 10.3 Å². The van der Waals surface area contributed by atoms with E-state index in [0.717, 1.165) is 21.9 Å². The van der Waals surface area contributed by atoms with Crippen molar-refractivity contribution in [2.24, 2.45) is 0 Å². The first-order chi connectivity index (χ1) is 9.46. The van der Waals surface area contributed by atoms with Gasteiger partial charge in [-0.25, -0.2) is 8.42 Å². The van der Waals surface area contributed by atoms with E-state index in [2.05, 4.69) is 20.2 Å². The van der Waals surface area contributed by atoms with E-state index in [-0.39, 0.29) is 0 Å². The number of aryl methyl sites for hydroxylation is 2. The highest BCUT2D eigenvalue weighted by Gasteiger charge is 2.20. The lowest BCUT2D eigenvalue weighted by Crippen LogP contribution is -2.11. The Morgan fingerprint density at radius 3 is 2.65 bits per heavy atom. The monoisotopic (exact) mass is 332 g/mol. The second-order valence-electron chi connectivity index (χ2n) is 4.16. The molecule has 110 valence electrons. The van der Waals surface area contributed by atoms with Gasteiger partial charge in [0, 0.05) is 11.4 Å². The van der Waals surface area contributed by atoms with Crippen LogP contribution in [-0.2, 0) is 23.0 Å². The molecule has 2 rings (SSSR count). The van der Waals surface area contributed by atoms with E-state index in [1.807, 2.05) is 20.9 Å². The summed E-state index contributed by atoms with van der Waals surface area (Å²) in [5.41, 5.74) is 0.969. The van der Waals surface area contributed by atoms with E-state index in [9.17, 15) is 8.42 Å². The zero-order valence-electron chi connectivity index (χ0n) is 11.4. The van der Waals surface area contributed by atoms with Crippen LogP contribution in [0.4, 0.5) is 5.13 Å². The number of nitrogens with one attached hydrogen (secondary N) is 2. The van der Waals surface area contributed by atoms with Crippen molar-refractivity contribution in [3.63, 3.8) is 0 Å². The van der Waals surface area contributed by atoms with Gasteiger partial charge in [0.1, 0.15) is 9.22 Å². The molecular formula is C11H16N4O2S3. The van der Waals surface area contributed by atoms with Crippen LogP contribution in [0.1, 0.15) is 22.4 Å². The van der Waals surface area contributed by atoms with Crippen LogP contribution < -0.4 is 10.0 Å². The van der Waals surface area contributed by atoms with Crippen molar-refractivity contribution in [2.45, 2.75) is 31.0 Å². The standard InChI is InChI=1S/C11H16N4O2S3/c1-4-9-13-14-11(19-9)15-20(16,17)10-5-7(2)8(18-10)6-12-3/h5,12H,4,6H2,1-3H3,(H,14,15). The van der Waals surface area contributed by atoms with Crippen LogP contribution in [0.3, 0.4) is 0 Å². The van der Waals surface area contributed by atoms with Gasteiger partial charge in [0.15, 0.2) is 0 Å². The van der Waals surface area contributed by atoms with Crippen molar-refractivity contribution >= 4 is 37.8 Å². The van der Waals surface area contributed by atoms with Crippen molar-refractivity contribution in [3.05, 3.63) is 21.5 Å². The molecule has 9 heteroatoms. The van der Waals surface area contributed by atoms with E-state index in [1.165, 1.54) is 22.7 Å².